The smallest absolute Gasteiger partial charge is 0.186 e. The van der Waals surface area contributed by atoms with Crippen molar-refractivity contribution in [2.75, 3.05) is 13.1 Å². The Kier molecular flexibility index (Phi) is 4.59. The number of rotatable bonds is 5. The van der Waals surface area contributed by atoms with Crippen LogP contribution in [0.4, 0.5) is 4.39 Å². The number of Topliss-reactive ketones (excluding diaryl/α,β-unsaturated/α-hetero) is 1. The molecule has 110 valence electrons. The highest BCUT2D eigenvalue weighted by atomic mass is 19.1. The average molecular weight is 277 g/mol. The van der Waals surface area contributed by atoms with Crippen molar-refractivity contribution in [3.05, 3.63) is 35.1 Å². The van der Waals surface area contributed by atoms with Crippen molar-refractivity contribution in [2.45, 2.75) is 52.0 Å². The summed E-state index contributed by atoms with van der Waals surface area (Å²) >= 11 is 0. The summed E-state index contributed by atoms with van der Waals surface area (Å²) in [6.45, 7) is 7.70. The molecule has 0 N–H and O–H groups in total. The molecule has 2 nitrogen and oxygen atoms in total. The zero-order valence-corrected chi connectivity index (χ0v) is 12.7. The van der Waals surface area contributed by atoms with E-state index in [4.69, 9.17) is 0 Å². The van der Waals surface area contributed by atoms with E-state index in [1.807, 2.05) is 6.92 Å². The molecule has 1 aliphatic rings. The number of likely N-dealkylation sites (N-methyl/N-ethyl adjacent to an activating group) is 1. The Hall–Kier alpha value is -1.22. The summed E-state index contributed by atoms with van der Waals surface area (Å²) in [5, 5.41) is 0. The van der Waals surface area contributed by atoms with Gasteiger partial charge in [0.05, 0.1) is 11.1 Å². The number of hydrogen-bond donors (Lipinski definition) is 0. The topological polar surface area (TPSA) is 20.3 Å². The summed E-state index contributed by atoms with van der Waals surface area (Å²) in [7, 11) is 0. The lowest BCUT2D eigenvalue weighted by atomic mass is 9.85. The summed E-state index contributed by atoms with van der Waals surface area (Å²) in [6, 6.07) is 4.82. The van der Waals surface area contributed by atoms with Crippen molar-refractivity contribution < 1.29 is 9.18 Å². The molecule has 3 heteroatoms. The molecule has 1 saturated carbocycles. The van der Waals surface area contributed by atoms with Gasteiger partial charge in [-0.3, -0.25) is 9.69 Å². The van der Waals surface area contributed by atoms with Crippen LogP contribution >= 0.6 is 0 Å². The lowest BCUT2D eigenvalue weighted by molar-refractivity contribution is 0.0580. The van der Waals surface area contributed by atoms with Gasteiger partial charge in [0.15, 0.2) is 5.78 Å². The minimum atomic E-state index is -0.488. The van der Waals surface area contributed by atoms with Gasteiger partial charge in [0, 0.05) is 0 Å². The zero-order chi connectivity index (χ0) is 14.8. The quantitative estimate of drug-likeness (QED) is 0.759. The van der Waals surface area contributed by atoms with Crippen LogP contribution in [0.25, 0.3) is 0 Å². The van der Waals surface area contributed by atoms with Gasteiger partial charge in [-0.25, -0.2) is 4.39 Å². The summed E-state index contributed by atoms with van der Waals surface area (Å²) in [6.07, 6.45) is 3.80. The Morgan fingerprint density at radius 3 is 2.40 bits per heavy atom. The van der Waals surface area contributed by atoms with Gasteiger partial charge >= 0.3 is 0 Å². The molecule has 1 aromatic rings. The van der Waals surface area contributed by atoms with Crippen LogP contribution in [0.3, 0.4) is 0 Å². The van der Waals surface area contributed by atoms with Gasteiger partial charge in [-0.05, 0) is 45.0 Å². The van der Waals surface area contributed by atoms with Crippen LogP contribution in [0.1, 0.15) is 55.5 Å². The number of ketones is 1. The normalized spacial score (nSPS) is 17.6. The highest BCUT2D eigenvalue weighted by Gasteiger charge is 2.45. The SMILES string of the molecule is CCN(CC)C1(C(=O)c2cc(C)ccc2F)CCCC1. The second-order valence-electron chi connectivity index (χ2n) is 5.72. The minimum Gasteiger partial charge on any atom is -0.292 e. The van der Waals surface area contributed by atoms with Crippen LogP contribution in [0.15, 0.2) is 18.2 Å². The second kappa shape index (κ2) is 6.04. The molecule has 0 aromatic heterocycles. The lowest BCUT2D eigenvalue weighted by Gasteiger charge is -2.39. The van der Waals surface area contributed by atoms with E-state index in [1.165, 1.54) is 6.07 Å². The molecule has 0 spiro atoms. The molecule has 0 radical (unpaired) electrons. The summed E-state index contributed by atoms with van der Waals surface area (Å²) in [5.74, 6) is -0.418. The fraction of sp³-hybridized carbons (Fsp3) is 0.588. The van der Waals surface area contributed by atoms with Gasteiger partial charge in [-0.1, -0.05) is 38.3 Å². The molecule has 1 aliphatic carbocycles. The van der Waals surface area contributed by atoms with E-state index in [2.05, 4.69) is 18.7 Å². The van der Waals surface area contributed by atoms with Crippen molar-refractivity contribution >= 4 is 5.78 Å². The third kappa shape index (κ3) is 2.51. The minimum absolute atomic E-state index is 0.0279. The molecule has 0 saturated heterocycles. The molecule has 0 atom stereocenters. The van der Waals surface area contributed by atoms with Crippen LogP contribution in [0.5, 0.6) is 0 Å². The fourth-order valence-electron chi connectivity index (χ4n) is 3.54. The van der Waals surface area contributed by atoms with E-state index in [9.17, 15) is 9.18 Å². The fourth-order valence-corrected chi connectivity index (χ4v) is 3.54. The number of nitrogens with zero attached hydrogens (tertiary/aromatic N) is 1. The third-order valence-corrected chi connectivity index (χ3v) is 4.59. The number of halogens is 1. The van der Waals surface area contributed by atoms with Gasteiger partial charge in [-0.2, -0.15) is 0 Å². The largest absolute Gasteiger partial charge is 0.292 e. The first-order chi connectivity index (χ1) is 9.55. The highest BCUT2D eigenvalue weighted by Crippen LogP contribution is 2.38. The first kappa shape index (κ1) is 15.2. The maximum absolute atomic E-state index is 14.1. The van der Waals surface area contributed by atoms with Crippen LogP contribution in [-0.4, -0.2) is 29.3 Å². The average Bonchev–Trinajstić information content (AvgIpc) is 2.93. The van der Waals surface area contributed by atoms with Crippen LogP contribution in [-0.2, 0) is 0 Å². The molecular formula is C17H24FNO. The van der Waals surface area contributed by atoms with E-state index in [1.54, 1.807) is 12.1 Å². The standard InChI is InChI=1S/C17H24FNO/c1-4-19(5-2)17(10-6-7-11-17)16(20)14-12-13(3)8-9-15(14)18/h8-9,12H,4-7,10-11H2,1-3H3. The monoisotopic (exact) mass is 277 g/mol. The number of benzene rings is 1. The summed E-state index contributed by atoms with van der Waals surface area (Å²) < 4.78 is 14.1. The van der Waals surface area contributed by atoms with Crippen molar-refractivity contribution in [3.8, 4) is 0 Å². The maximum atomic E-state index is 14.1. The predicted octanol–water partition coefficient (Wildman–Crippen LogP) is 3.97. The van der Waals surface area contributed by atoms with Gasteiger partial charge in [0.2, 0.25) is 0 Å². The molecular weight excluding hydrogens is 253 g/mol. The molecule has 0 heterocycles. The van der Waals surface area contributed by atoms with Crippen molar-refractivity contribution in [3.63, 3.8) is 0 Å². The molecule has 0 amide bonds. The van der Waals surface area contributed by atoms with Gasteiger partial charge in [-0.15, -0.1) is 0 Å². The molecule has 0 unspecified atom stereocenters. The Morgan fingerprint density at radius 2 is 1.85 bits per heavy atom. The van der Waals surface area contributed by atoms with Crippen molar-refractivity contribution in [1.82, 2.24) is 4.90 Å². The van der Waals surface area contributed by atoms with E-state index >= 15 is 0 Å². The number of aryl methyl sites for hydroxylation is 1. The molecule has 0 bridgehead atoms. The van der Waals surface area contributed by atoms with Crippen molar-refractivity contribution in [2.24, 2.45) is 0 Å². The third-order valence-electron chi connectivity index (χ3n) is 4.59. The second-order valence-corrected chi connectivity index (χ2v) is 5.72. The molecule has 1 aromatic carbocycles. The molecule has 2 rings (SSSR count). The number of hydrogen-bond acceptors (Lipinski definition) is 2. The summed E-state index contributed by atoms with van der Waals surface area (Å²) in [4.78, 5) is 15.2. The first-order valence-electron chi connectivity index (χ1n) is 7.61. The maximum Gasteiger partial charge on any atom is 0.186 e. The van der Waals surface area contributed by atoms with E-state index in [0.717, 1.165) is 44.3 Å². The van der Waals surface area contributed by atoms with E-state index in [-0.39, 0.29) is 17.2 Å². The Balaban J connectivity index is 2.44. The Bertz CT molecular complexity index is 488. The van der Waals surface area contributed by atoms with Gasteiger partial charge in [0.25, 0.3) is 0 Å². The Morgan fingerprint density at radius 1 is 1.25 bits per heavy atom. The molecule has 20 heavy (non-hydrogen) atoms. The van der Waals surface area contributed by atoms with Crippen molar-refractivity contribution in [1.29, 1.82) is 0 Å². The molecule has 1 fully saturated rings. The number of carbonyl (C=O) groups is 1. The van der Waals surface area contributed by atoms with Crippen LogP contribution < -0.4 is 0 Å². The van der Waals surface area contributed by atoms with Crippen LogP contribution in [0, 0.1) is 12.7 Å². The van der Waals surface area contributed by atoms with E-state index < -0.39 is 5.54 Å². The van der Waals surface area contributed by atoms with Gasteiger partial charge < -0.3 is 0 Å². The zero-order valence-electron chi connectivity index (χ0n) is 12.7. The number of carbonyl (C=O) groups excluding carboxylic acids is 1. The predicted molar refractivity (Wildman–Crippen MR) is 79.6 cm³/mol. The van der Waals surface area contributed by atoms with E-state index in [0.29, 0.717) is 0 Å². The highest BCUT2D eigenvalue weighted by molar-refractivity contribution is 6.03. The summed E-state index contributed by atoms with van der Waals surface area (Å²) in [5.41, 5.74) is 0.708. The Labute approximate surface area is 121 Å². The lowest BCUT2D eigenvalue weighted by Crippen LogP contribution is -2.52. The van der Waals surface area contributed by atoms with Crippen LogP contribution in [0.2, 0.25) is 0 Å². The molecule has 0 aliphatic heterocycles. The first-order valence-corrected chi connectivity index (χ1v) is 7.61. The van der Waals surface area contributed by atoms with Gasteiger partial charge in [0.1, 0.15) is 5.82 Å².